The summed E-state index contributed by atoms with van der Waals surface area (Å²) in [5.74, 6) is 0. The van der Waals surface area contributed by atoms with Crippen LogP contribution in [0.5, 0.6) is 0 Å². The summed E-state index contributed by atoms with van der Waals surface area (Å²) < 4.78 is 12.3. The molecule has 1 nitrogen and oxygen atoms in total. The molecule has 1 aliphatic heterocycles. The summed E-state index contributed by atoms with van der Waals surface area (Å²) >= 11 is -2.15. The van der Waals surface area contributed by atoms with Gasteiger partial charge in [0, 0.05) is 0 Å². The second-order valence-electron chi connectivity index (χ2n) is 1.64. The molecule has 1 rings (SSSR count). The minimum atomic E-state index is -2.15. The average molecular weight is 185 g/mol. The number of allylic oxidation sites excluding steroid dienone is 3. The van der Waals surface area contributed by atoms with Crippen LogP contribution in [0.25, 0.3) is 0 Å². The third-order valence-corrected chi connectivity index (χ3v) is 4.23. The molecule has 0 atom stereocenters. The van der Waals surface area contributed by atoms with E-state index in [1.54, 1.807) is 17.1 Å². The molecule has 0 fully saturated rings. The molecule has 3 heteroatoms. The molecule has 0 aromatic carbocycles. The molecular weight excluding hydrogens is 180 g/mol. The Balaban J connectivity index is 3.01. The second kappa shape index (κ2) is 2.87. The fourth-order valence-electron chi connectivity index (χ4n) is 0.571. The van der Waals surface area contributed by atoms with Crippen molar-refractivity contribution in [1.82, 2.24) is 0 Å². The molecule has 0 unspecified atom stereocenters. The Morgan fingerprint density at radius 2 is 2.33 bits per heavy atom. The van der Waals surface area contributed by atoms with Crippen LogP contribution in [0, 0.1) is 0 Å². The van der Waals surface area contributed by atoms with Crippen molar-refractivity contribution in [3.63, 3.8) is 0 Å². The van der Waals surface area contributed by atoms with Gasteiger partial charge in [0.1, 0.15) is 0 Å². The van der Waals surface area contributed by atoms with E-state index in [9.17, 15) is 9.18 Å². The molecule has 9 heavy (non-hydrogen) atoms. The van der Waals surface area contributed by atoms with Crippen molar-refractivity contribution < 1.29 is 9.18 Å². The van der Waals surface area contributed by atoms with Crippen LogP contribution in [-0.2, 0) is 4.79 Å². The standard InChI is InChI=1S/C6H5FGeO/c7-6-3-1-2-4-8(6)5-9/h1-5H. The fraction of sp³-hybridized carbons (Fsp3) is 0. The van der Waals surface area contributed by atoms with E-state index in [2.05, 4.69) is 0 Å². The molecule has 0 saturated heterocycles. The Labute approximate surface area is 56.5 Å². The monoisotopic (exact) mass is 186 g/mol. The number of rotatable bonds is 1. The molecule has 0 radical (unpaired) electrons. The van der Waals surface area contributed by atoms with Gasteiger partial charge < -0.3 is 0 Å². The quantitative estimate of drug-likeness (QED) is 0.431. The van der Waals surface area contributed by atoms with E-state index in [0.29, 0.717) is 0 Å². The van der Waals surface area contributed by atoms with E-state index in [4.69, 9.17) is 0 Å². The zero-order valence-corrected chi connectivity index (χ0v) is 6.77. The van der Waals surface area contributed by atoms with Gasteiger partial charge in [0.05, 0.1) is 0 Å². The van der Waals surface area contributed by atoms with Gasteiger partial charge in [0.2, 0.25) is 0 Å². The van der Waals surface area contributed by atoms with Gasteiger partial charge in [-0.3, -0.25) is 0 Å². The summed E-state index contributed by atoms with van der Waals surface area (Å²) in [6.45, 7) is 0. The van der Waals surface area contributed by atoms with Gasteiger partial charge in [-0.2, -0.15) is 0 Å². The van der Waals surface area contributed by atoms with E-state index in [0.717, 1.165) is 5.12 Å². The molecular formula is C6H5FGeO. The predicted molar refractivity (Wildman–Crippen MR) is 36.9 cm³/mol. The van der Waals surface area contributed by atoms with Crippen LogP contribution in [0.3, 0.4) is 0 Å². The summed E-state index contributed by atoms with van der Waals surface area (Å²) in [6, 6.07) is 0. The summed E-state index contributed by atoms with van der Waals surface area (Å²) in [5, 5.41) is 0.745. The molecule has 0 N–H and O–H groups in total. The van der Waals surface area contributed by atoms with Gasteiger partial charge >= 0.3 is 56.0 Å². The third-order valence-electron chi connectivity index (χ3n) is 1.03. The molecule has 46 valence electrons. The summed E-state index contributed by atoms with van der Waals surface area (Å²) in [4.78, 5) is 11.8. The SMILES string of the molecule is O=[CH][Ge]1=[C](F)C=CC=[CH]1. The summed E-state index contributed by atoms with van der Waals surface area (Å²) in [5.41, 5.74) is 0. The Bertz CT molecular complexity index is 215. The van der Waals surface area contributed by atoms with Gasteiger partial charge in [-0.15, -0.1) is 0 Å². The summed E-state index contributed by atoms with van der Waals surface area (Å²) in [6.07, 6.45) is 4.70. The molecule has 0 bridgehead atoms. The molecule has 0 spiro atoms. The van der Waals surface area contributed by atoms with Crippen LogP contribution in [0.4, 0.5) is 4.39 Å². The van der Waals surface area contributed by atoms with Gasteiger partial charge in [-0.25, -0.2) is 0 Å². The number of carbonyl (C=O) groups excluding carboxylic acids is 1. The van der Waals surface area contributed by atoms with Crippen molar-refractivity contribution in [2.75, 3.05) is 0 Å². The van der Waals surface area contributed by atoms with Crippen molar-refractivity contribution in [3.05, 3.63) is 23.1 Å². The van der Waals surface area contributed by atoms with Gasteiger partial charge in [-0.05, 0) is 0 Å². The molecule has 0 aromatic rings. The van der Waals surface area contributed by atoms with Crippen LogP contribution in [-0.4, -0.2) is 23.6 Å². The Kier molecular flexibility index (Phi) is 2.11. The fourth-order valence-corrected chi connectivity index (χ4v) is 2.58. The van der Waals surface area contributed by atoms with Crippen LogP contribution in [0.2, 0.25) is 0 Å². The van der Waals surface area contributed by atoms with Crippen molar-refractivity contribution in [1.29, 1.82) is 0 Å². The van der Waals surface area contributed by atoms with E-state index in [1.165, 1.54) is 6.08 Å². The first-order valence-corrected chi connectivity index (χ1v) is 6.01. The molecule has 0 aliphatic carbocycles. The van der Waals surface area contributed by atoms with E-state index < -0.39 is 13.9 Å². The number of hydrogen-bond donors (Lipinski definition) is 0. The first-order valence-electron chi connectivity index (χ1n) is 2.54. The Morgan fingerprint density at radius 1 is 1.56 bits per heavy atom. The molecule has 0 aromatic heterocycles. The van der Waals surface area contributed by atoms with Crippen molar-refractivity contribution in [2.24, 2.45) is 0 Å². The summed E-state index contributed by atoms with van der Waals surface area (Å²) in [7, 11) is 0. The second-order valence-corrected chi connectivity index (χ2v) is 5.75. The third kappa shape index (κ3) is 1.45. The number of halogens is 1. The van der Waals surface area contributed by atoms with Gasteiger partial charge in [0.15, 0.2) is 0 Å². The Hall–Kier alpha value is -0.507. The van der Waals surface area contributed by atoms with E-state index >= 15 is 0 Å². The topological polar surface area (TPSA) is 17.1 Å². The van der Waals surface area contributed by atoms with Gasteiger partial charge in [-0.1, -0.05) is 0 Å². The molecule has 1 aliphatic rings. The molecule has 0 saturated carbocycles. The van der Waals surface area contributed by atoms with Crippen molar-refractivity contribution in [2.45, 2.75) is 0 Å². The zero-order chi connectivity index (χ0) is 6.69. The van der Waals surface area contributed by atoms with E-state index in [1.807, 2.05) is 0 Å². The normalized spacial score (nSPS) is 16.6. The van der Waals surface area contributed by atoms with E-state index in [-0.39, 0.29) is 4.60 Å². The molecule has 1 heterocycles. The maximum atomic E-state index is 12.5. The number of carbonyl (C=O) groups is 1. The first-order chi connectivity index (χ1) is 4.34. The van der Waals surface area contributed by atoms with Crippen molar-refractivity contribution >= 4 is 23.6 Å². The van der Waals surface area contributed by atoms with Crippen LogP contribution in [0.15, 0.2) is 23.1 Å². The number of hydrogen-bond acceptors (Lipinski definition) is 1. The van der Waals surface area contributed by atoms with Crippen molar-refractivity contribution in [3.8, 4) is 0 Å². The van der Waals surface area contributed by atoms with Crippen LogP contribution in [0.1, 0.15) is 0 Å². The van der Waals surface area contributed by atoms with Gasteiger partial charge in [0.25, 0.3) is 0 Å². The molecule has 0 amide bonds. The zero-order valence-electron chi connectivity index (χ0n) is 4.67. The maximum absolute atomic E-state index is 12.5. The minimum absolute atomic E-state index is 0.215. The predicted octanol–water partition coefficient (Wildman–Crippen LogP) is 0.599. The Morgan fingerprint density at radius 3 is 2.78 bits per heavy atom. The van der Waals surface area contributed by atoms with Crippen LogP contribution >= 0.6 is 0 Å². The van der Waals surface area contributed by atoms with Crippen LogP contribution < -0.4 is 0 Å². The average Bonchev–Trinajstić information content (AvgIpc) is 1.89. The first kappa shape index (κ1) is 6.61.